The topological polar surface area (TPSA) is 45.1 Å². The van der Waals surface area contributed by atoms with E-state index in [1.54, 1.807) is 0 Å². The summed E-state index contributed by atoms with van der Waals surface area (Å²) in [4.78, 5) is 6.93. The molecule has 0 aromatic heterocycles. The van der Waals surface area contributed by atoms with E-state index in [-0.39, 0.29) is 17.3 Å². The predicted molar refractivity (Wildman–Crippen MR) is 83.6 cm³/mol. The molecule has 8 heteroatoms. The Labute approximate surface area is 138 Å². The fraction of sp³-hybridized carbons (Fsp3) is 0.533. The van der Waals surface area contributed by atoms with Gasteiger partial charge in [0.25, 0.3) is 0 Å². The Morgan fingerprint density at radius 3 is 2.57 bits per heavy atom. The minimum absolute atomic E-state index is 0.0916. The number of oxime groups is 1. The lowest BCUT2D eigenvalue weighted by Gasteiger charge is -2.20. The van der Waals surface area contributed by atoms with E-state index in [9.17, 15) is 18.3 Å². The van der Waals surface area contributed by atoms with Crippen molar-refractivity contribution < 1.29 is 23.1 Å². The van der Waals surface area contributed by atoms with Gasteiger partial charge in [0.2, 0.25) is 0 Å². The molecule has 0 aliphatic carbocycles. The summed E-state index contributed by atoms with van der Waals surface area (Å²) in [6, 6.07) is 4.48. The second-order valence-electron chi connectivity index (χ2n) is 4.90. The first-order valence-corrected chi connectivity index (χ1v) is 7.59. The highest BCUT2D eigenvalue weighted by Crippen LogP contribution is 2.29. The van der Waals surface area contributed by atoms with Gasteiger partial charge in [0, 0.05) is 12.1 Å². The largest absolute Gasteiger partial charge is 0.416 e. The van der Waals surface area contributed by atoms with E-state index in [4.69, 9.17) is 16.4 Å². The molecule has 0 fully saturated rings. The minimum atomic E-state index is -4.45. The van der Waals surface area contributed by atoms with Crippen molar-refractivity contribution in [2.75, 3.05) is 26.2 Å². The van der Waals surface area contributed by atoms with Crippen LogP contribution in [0.1, 0.15) is 25.0 Å². The van der Waals surface area contributed by atoms with Gasteiger partial charge in [-0.1, -0.05) is 42.7 Å². The first kappa shape index (κ1) is 19.7. The molecule has 1 rings (SSSR count). The zero-order valence-electron chi connectivity index (χ0n) is 13.0. The standard InChI is InChI=1S/C15H20ClF3N2O2/c1-3-21(4-2)9-13(22)10-23-20-14(16)11-6-5-7-12(8-11)15(17,18)19/h5-8,13,22H,3-4,9-10H2,1-2H3/b20-14-. The zero-order chi connectivity index (χ0) is 17.5. The molecular formula is C15H20ClF3N2O2. The number of likely N-dealkylation sites (N-methyl/N-ethyl adjacent to an activating group) is 1. The van der Waals surface area contributed by atoms with E-state index in [1.165, 1.54) is 12.1 Å². The molecule has 1 aromatic rings. The maximum Gasteiger partial charge on any atom is 0.416 e. The summed E-state index contributed by atoms with van der Waals surface area (Å²) in [5.74, 6) is 0. The number of alkyl halides is 3. The van der Waals surface area contributed by atoms with Crippen molar-refractivity contribution in [3.63, 3.8) is 0 Å². The number of nitrogens with zero attached hydrogens (tertiary/aromatic N) is 2. The number of benzene rings is 1. The molecule has 4 nitrogen and oxygen atoms in total. The molecule has 0 aliphatic rings. The molecule has 0 aliphatic heterocycles. The van der Waals surface area contributed by atoms with Crippen LogP contribution in [0.25, 0.3) is 0 Å². The molecule has 0 amide bonds. The quantitative estimate of drug-likeness (QED) is 0.576. The van der Waals surface area contributed by atoms with Crippen LogP contribution < -0.4 is 0 Å². The molecule has 1 aromatic carbocycles. The predicted octanol–water partition coefficient (Wildman–Crippen LogP) is 3.33. The van der Waals surface area contributed by atoms with Gasteiger partial charge in [-0.3, -0.25) is 0 Å². The fourth-order valence-corrected chi connectivity index (χ4v) is 2.06. The maximum absolute atomic E-state index is 12.6. The monoisotopic (exact) mass is 352 g/mol. The van der Waals surface area contributed by atoms with E-state index >= 15 is 0 Å². The molecule has 0 heterocycles. The minimum Gasteiger partial charge on any atom is -0.392 e. The molecular weight excluding hydrogens is 333 g/mol. The molecule has 0 radical (unpaired) electrons. The summed E-state index contributed by atoms with van der Waals surface area (Å²) in [7, 11) is 0. The Morgan fingerprint density at radius 1 is 1.35 bits per heavy atom. The first-order chi connectivity index (χ1) is 10.8. The van der Waals surface area contributed by atoms with Crippen molar-refractivity contribution in [3.05, 3.63) is 35.4 Å². The normalized spacial score (nSPS) is 14.2. The lowest BCUT2D eigenvalue weighted by Crippen LogP contribution is -2.34. The summed E-state index contributed by atoms with van der Waals surface area (Å²) >= 11 is 5.84. The second kappa shape index (κ2) is 9.10. The summed E-state index contributed by atoms with van der Waals surface area (Å²) in [5, 5.41) is 13.1. The number of rotatable bonds is 8. The van der Waals surface area contributed by atoms with Gasteiger partial charge in [-0.15, -0.1) is 0 Å². The van der Waals surface area contributed by atoms with Crippen molar-refractivity contribution in [1.29, 1.82) is 0 Å². The van der Waals surface area contributed by atoms with Crippen LogP contribution in [0.4, 0.5) is 13.2 Å². The number of hydrogen-bond acceptors (Lipinski definition) is 4. The first-order valence-electron chi connectivity index (χ1n) is 7.21. The van der Waals surface area contributed by atoms with E-state index in [1.807, 2.05) is 18.7 Å². The van der Waals surface area contributed by atoms with Gasteiger partial charge in [0.1, 0.15) is 12.7 Å². The zero-order valence-corrected chi connectivity index (χ0v) is 13.7. The van der Waals surface area contributed by atoms with Crippen LogP contribution in [0.3, 0.4) is 0 Å². The average molecular weight is 353 g/mol. The third kappa shape index (κ3) is 6.76. The SMILES string of the molecule is CCN(CC)CC(O)CO/N=C(\Cl)c1cccc(C(F)(F)F)c1. The van der Waals surface area contributed by atoms with Crippen molar-refractivity contribution in [3.8, 4) is 0 Å². The number of aliphatic hydroxyl groups excluding tert-OH is 1. The Kier molecular flexibility index (Phi) is 7.81. The highest BCUT2D eigenvalue weighted by atomic mass is 35.5. The van der Waals surface area contributed by atoms with E-state index < -0.39 is 17.8 Å². The molecule has 1 N–H and O–H groups in total. The van der Waals surface area contributed by atoms with E-state index in [0.717, 1.165) is 25.2 Å². The fourth-order valence-electron chi connectivity index (χ4n) is 1.89. The molecule has 0 saturated heterocycles. The Hall–Kier alpha value is -1.31. The van der Waals surface area contributed by atoms with Gasteiger partial charge in [-0.05, 0) is 25.2 Å². The Balaban J connectivity index is 2.61. The van der Waals surface area contributed by atoms with Gasteiger partial charge in [-0.2, -0.15) is 13.2 Å². The van der Waals surface area contributed by atoms with Crippen molar-refractivity contribution in [1.82, 2.24) is 4.90 Å². The molecule has 1 unspecified atom stereocenters. The van der Waals surface area contributed by atoms with Crippen LogP contribution in [-0.4, -0.2) is 47.5 Å². The van der Waals surface area contributed by atoms with Crippen molar-refractivity contribution >= 4 is 16.8 Å². The van der Waals surface area contributed by atoms with Crippen LogP contribution in [-0.2, 0) is 11.0 Å². The molecule has 0 bridgehead atoms. The van der Waals surface area contributed by atoms with E-state index in [0.29, 0.717) is 6.54 Å². The lowest BCUT2D eigenvalue weighted by molar-refractivity contribution is -0.137. The number of halogens is 4. The maximum atomic E-state index is 12.6. The molecule has 1 atom stereocenters. The van der Waals surface area contributed by atoms with Gasteiger partial charge in [0.15, 0.2) is 5.17 Å². The summed E-state index contributed by atoms with van der Waals surface area (Å²) < 4.78 is 37.9. The van der Waals surface area contributed by atoms with Crippen molar-refractivity contribution in [2.24, 2.45) is 5.16 Å². The highest BCUT2D eigenvalue weighted by molar-refractivity contribution is 6.69. The molecule has 130 valence electrons. The Bertz CT molecular complexity index is 520. The van der Waals surface area contributed by atoms with Crippen LogP contribution in [0.2, 0.25) is 0 Å². The Morgan fingerprint density at radius 2 is 2.00 bits per heavy atom. The summed E-state index contributed by atoms with van der Waals surface area (Å²) in [6.07, 6.45) is -5.21. The summed E-state index contributed by atoms with van der Waals surface area (Å²) in [6.45, 7) is 5.86. The van der Waals surface area contributed by atoms with Crippen LogP contribution in [0.5, 0.6) is 0 Å². The average Bonchev–Trinajstić information content (AvgIpc) is 2.51. The molecule has 23 heavy (non-hydrogen) atoms. The highest BCUT2D eigenvalue weighted by Gasteiger charge is 2.30. The van der Waals surface area contributed by atoms with Crippen LogP contribution in [0, 0.1) is 0 Å². The molecule has 0 saturated carbocycles. The van der Waals surface area contributed by atoms with Crippen molar-refractivity contribution in [2.45, 2.75) is 26.1 Å². The third-order valence-corrected chi connectivity index (χ3v) is 3.49. The molecule has 0 spiro atoms. The van der Waals surface area contributed by atoms with Gasteiger partial charge in [-0.25, -0.2) is 0 Å². The van der Waals surface area contributed by atoms with Crippen LogP contribution in [0.15, 0.2) is 29.4 Å². The number of aliphatic hydroxyl groups is 1. The lowest BCUT2D eigenvalue weighted by atomic mass is 10.1. The van der Waals surface area contributed by atoms with Gasteiger partial charge >= 0.3 is 6.18 Å². The van der Waals surface area contributed by atoms with Gasteiger partial charge < -0.3 is 14.8 Å². The smallest absolute Gasteiger partial charge is 0.392 e. The van der Waals surface area contributed by atoms with E-state index in [2.05, 4.69) is 5.16 Å². The summed E-state index contributed by atoms with van der Waals surface area (Å²) in [5.41, 5.74) is -0.718. The number of hydrogen-bond donors (Lipinski definition) is 1. The second-order valence-corrected chi connectivity index (χ2v) is 5.25. The van der Waals surface area contributed by atoms with Gasteiger partial charge in [0.05, 0.1) is 5.56 Å². The van der Waals surface area contributed by atoms with Crippen LogP contribution >= 0.6 is 11.6 Å². The third-order valence-electron chi connectivity index (χ3n) is 3.20.